The van der Waals surface area contributed by atoms with Gasteiger partial charge in [0.2, 0.25) is 0 Å². The van der Waals surface area contributed by atoms with Crippen LogP contribution < -0.4 is 0 Å². The third-order valence-corrected chi connectivity index (χ3v) is 2.09. The molecule has 0 amide bonds. The lowest BCUT2D eigenvalue weighted by Gasteiger charge is -2.07. The van der Waals surface area contributed by atoms with Gasteiger partial charge < -0.3 is 4.90 Å². The largest absolute Gasteiger partial charge is 0.306 e. The van der Waals surface area contributed by atoms with Gasteiger partial charge in [-0.05, 0) is 32.6 Å². The number of aromatic nitrogens is 1. The van der Waals surface area contributed by atoms with Crippen LogP contribution in [-0.4, -0.2) is 36.8 Å². The Balaban J connectivity index is 2.97. The zero-order valence-corrected chi connectivity index (χ0v) is 9.40. The van der Waals surface area contributed by atoms with E-state index >= 15 is 0 Å². The Hall–Kier alpha value is -1.48. The third kappa shape index (κ3) is 3.29. The standard InChI is InChI=1S/C12H16N2O/c1-10-5-4-7-13-12(10)11(9-15)6-8-14(2)3/h4-7,9H,8H2,1-3H3. The van der Waals surface area contributed by atoms with Crippen LogP contribution in [-0.2, 0) is 4.79 Å². The zero-order chi connectivity index (χ0) is 11.3. The highest BCUT2D eigenvalue weighted by molar-refractivity contribution is 6.06. The monoisotopic (exact) mass is 204 g/mol. The Morgan fingerprint density at radius 3 is 2.80 bits per heavy atom. The maximum Gasteiger partial charge on any atom is 0.151 e. The van der Waals surface area contributed by atoms with E-state index in [2.05, 4.69) is 4.98 Å². The molecule has 0 radical (unpaired) electrons. The highest BCUT2D eigenvalue weighted by Gasteiger charge is 2.04. The molecule has 1 aromatic rings. The minimum absolute atomic E-state index is 0.654. The lowest BCUT2D eigenvalue weighted by Crippen LogP contribution is -2.11. The molecule has 1 rings (SSSR count). The third-order valence-electron chi connectivity index (χ3n) is 2.09. The minimum atomic E-state index is 0.654. The fourth-order valence-electron chi connectivity index (χ4n) is 1.27. The second-order valence-corrected chi connectivity index (χ2v) is 3.71. The van der Waals surface area contributed by atoms with Crippen molar-refractivity contribution < 1.29 is 4.79 Å². The summed E-state index contributed by atoms with van der Waals surface area (Å²) in [4.78, 5) is 17.2. The first kappa shape index (κ1) is 11.6. The highest BCUT2D eigenvalue weighted by Crippen LogP contribution is 2.13. The van der Waals surface area contributed by atoms with Gasteiger partial charge in [0, 0.05) is 18.3 Å². The van der Waals surface area contributed by atoms with Crippen molar-refractivity contribution in [1.29, 1.82) is 0 Å². The SMILES string of the molecule is Cc1cccnc1C(C=O)=CCN(C)C. The molecule has 0 aliphatic carbocycles. The van der Waals surface area contributed by atoms with Crippen molar-refractivity contribution in [2.24, 2.45) is 0 Å². The van der Waals surface area contributed by atoms with Gasteiger partial charge >= 0.3 is 0 Å². The summed E-state index contributed by atoms with van der Waals surface area (Å²) in [5.41, 5.74) is 2.45. The van der Waals surface area contributed by atoms with E-state index in [1.54, 1.807) is 6.20 Å². The number of hydrogen-bond acceptors (Lipinski definition) is 3. The first-order valence-corrected chi connectivity index (χ1v) is 4.87. The van der Waals surface area contributed by atoms with E-state index in [4.69, 9.17) is 0 Å². The number of aryl methyl sites for hydroxylation is 1. The first-order valence-electron chi connectivity index (χ1n) is 4.87. The molecule has 3 heteroatoms. The van der Waals surface area contributed by atoms with Crippen molar-refractivity contribution in [3.8, 4) is 0 Å². The summed E-state index contributed by atoms with van der Waals surface area (Å²) in [7, 11) is 3.93. The minimum Gasteiger partial charge on any atom is -0.306 e. The van der Waals surface area contributed by atoms with E-state index < -0.39 is 0 Å². The fourth-order valence-corrected chi connectivity index (χ4v) is 1.27. The van der Waals surface area contributed by atoms with Gasteiger partial charge in [0.15, 0.2) is 6.29 Å². The Bertz CT molecular complexity index is 370. The highest BCUT2D eigenvalue weighted by atomic mass is 16.1. The average molecular weight is 204 g/mol. The average Bonchev–Trinajstić information content (AvgIpc) is 2.21. The summed E-state index contributed by atoms with van der Waals surface area (Å²) < 4.78 is 0. The lowest BCUT2D eigenvalue weighted by molar-refractivity contribution is -0.103. The number of rotatable bonds is 4. The van der Waals surface area contributed by atoms with Crippen LogP contribution in [0.5, 0.6) is 0 Å². The van der Waals surface area contributed by atoms with Gasteiger partial charge in [-0.25, -0.2) is 0 Å². The molecule has 0 aliphatic rings. The predicted octanol–water partition coefficient (Wildman–Crippen LogP) is 1.53. The van der Waals surface area contributed by atoms with Gasteiger partial charge in [0.25, 0.3) is 0 Å². The molecule has 0 N–H and O–H groups in total. The van der Waals surface area contributed by atoms with Gasteiger partial charge in [-0.3, -0.25) is 9.78 Å². The van der Waals surface area contributed by atoms with E-state index in [9.17, 15) is 4.79 Å². The number of hydrogen-bond donors (Lipinski definition) is 0. The molecule has 0 atom stereocenters. The molecule has 0 fully saturated rings. The van der Waals surface area contributed by atoms with E-state index in [1.165, 1.54) is 0 Å². The number of nitrogens with zero attached hydrogens (tertiary/aromatic N) is 2. The summed E-state index contributed by atoms with van der Waals surface area (Å²) in [6.07, 6.45) is 4.45. The maximum atomic E-state index is 10.9. The summed E-state index contributed by atoms with van der Waals surface area (Å²) in [6.45, 7) is 2.69. The molecule has 0 saturated heterocycles. The second kappa shape index (κ2) is 5.41. The van der Waals surface area contributed by atoms with Crippen LogP contribution in [0, 0.1) is 6.92 Å². The molecular weight excluding hydrogens is 188 g/mol. The van der Waals surface area contributed by atoms with E-state index in [0.29, 0.717) is 5.57 Å². The Morgan fingerprint density at radius 2 is 2.27 bits per heavy atom. The Kier molecular flexibility index (Phi) is 4.18. The summed E-state index contributed by atoms with van der Waals surface area (Å²) in [5.74, 6) is 0. The smallest absolute Gasteiger partial charge is 0.151 e. The first-order chi connectivity index (χ1) is 7.15. The zero-order valence-electron chi connectivity index (χ0n) is 9.40. The molecule has 0 unspecified atom stereocenters. The van der Waals surface area contributed by atoms with Crippen LogP contribution in [0.1, 0.15) is 11.3 Å². The lowest BCUT2D eigenvalue weighted by atomic mass is 10.1. The van der Waals surface area contributed by atoms with Crippen LogP contribution in [0.2, 0.25) is 0 Å². The van der Waals surface area contributed by atoms with Crippen LogP contribution in [0.25, 0.3) is 5.57 Å². The predicted molar refractivity (Wildman–Crippen MR) is 61.6 cm³/mol. The molecular formula is C12H16N2O. The van der Waals surface area contributed by atoms with Crippen molar-refractivity contribution in [3.05, 3.63) is 35.7 Å². The van der Waals surface area contributed by atoms with E-state index in [0.717, 1.165) is 24.1 Å². The molecule has 0 saturated carbocycles. The summed E-state index contributed by atoms with van der Waals surface area (Å²) >= 11 is 0. The maximum absolute atomic E-state index is 10.9. The molecule has 1 aromatic heterocycles. The Labute approximate surface area is 90.4 Å². The van der Waals surface area contributed by atoms with Gasteiger partial charge in [0.05, 0.1) is 5.69 Å². The van der Waals surface area contributed by atoms with Gasteiger partial charge in [-0.2, -0.15) is 0 Å². The molecule has 0 bridgehead atoms. The topological polar surface area (TPSA) is 33.2 Å². The molecule has 0 aliphatic heterocycles. The summed E-state index contributed by atoms with van der Waals surface area (Å²) in [6, 6.07) is 3.82. The van der Waals surface area contributed by atoms with Crippen molar-refractivity contribution in [2.75, 3.05) is 20.6 Å². The number of pyridine rings is 1. The summed E-state index contributed by atoms with van der Waals surface area (Å²) in [5, 5.41) is 0. The van der Waals surface area contributed by atoms with Crippen LogP contribution in [0.15, 0.2) is 24.4 Å². The fraction of sp³-hybridized carbons (Fsp3) is 0.333. The van der Waals surface area contributed by atoms with Crippen molar-refractivity contribution in [1.82, 2.24) is 9.88 Å². The molecule has 80 valence electrons. The molecule has 0 spiro atoms. The van der Waals surface area contributed by atoms with Gasteiger partial charge in [0.1, 0.15) is 0 Å². The number of carbonyl (C=O) groups is 1. The normalized spacial score (nSPS) is 11.9. The molecule has 3 nitrogen and oxygen atoms in total. The number of aldehydes is 1. The number of allylic oxidation sites excluding steroid dienone is 1. The van der Waals surface area contributed by atoms with E-state index in [-0.39, 0.29) is 0 Å². The van der Waals surface area contributed by atoms with Gasteiger partial charge in [-0.15, -0.1) is 0 Å². The van der Waals surface area contributed by atoms with E-state index in [1.807, 2.05) is 44.1 Å². The quantitative estimate of drug-likeness (QED) is 0.551. The molecule has 15 heavy (non-hydrogen) atoms. The molecule has 1 heterocycles. The number of likely N-dealkylation sites (N-methyl/N-ethyl adjacent to an activating group) is 1. The van der Waals surface area contributed by atoms with Crippen molar-refractivity contribution in [2.45, 2.75) is 6.92 Å². The van der Waals surface area contributed by atoms with Crippen molar-refractivity contribution >= 4 is 11.9 Å². The Morgan fingerprint density at radius 1 is 1.53 bits per heavy atom. The van der Waals surface area contributed by atoms with Crippen LogP contribution >= 0.6 is 0 Å². The molecule has 0 aromatic carbocycles. The van der Waals surface area contributed by atoms with Crippen LogP contribution in [0.4, 0.5) is 0 Å². The van der Waals surface area contributed by atoms with Crippen molar-refractivity contribution in [3.63, 3.8) is 0 Å². The second-order valence-electron chi connectivity index (χ2n) is 3.71. The van der Waals surface area contributed by atoms with Gasteiger partial charge in [-0.1, -0.05) is 12.1 Å². The number of carbonyl (C=O) groups excluding carboxylic acids is 1. The van der Waals surface area contributed by atoms with Crippen LogP contribution in [0.3, 0.4) is 0 Å².